The van der Waals surface area contributed by atoms with Gasteiger partial charge in [-0.1, -0.05) is 5.16 Å². The van der Waals surface area contributed by atoms with Crippen molar-refractivity contribution < 1.29 is 71.3 Å². The molecular weight excluding hydrogens is 505 g/mol. The quantitative estimate of drug-likeness (QED) is 0.0609. The number of hydrogen-bond donors (Lipinski definition) is 2. The number of carbonyl (C=O) groups is 4. The fourth-order valence-corrected chi connectivity index (χ4v) is 3.94. The Morgan fingerprint density at radius 3 is 2.59 bits per heavy atom. The minimum absolute atomic E-state index is 0. The second-order valence-electron chi connectivity index (χ2n) is 5.59. The van der Waals surface area contributed by atoms with E-state index in [-0.39, 0.29) is 57.2 Å². The molecule has 1 aromatic heterocycles. The zero-order valence-corrected chi connectivity index (χ0v) is 21.2. The summed E-state index contributed by atoms with van der Waals surface area (Å²) in [5.74, 6) is -4.50. The van der Waals surface area contributed by atoms with Gasteiger partial charge in [0.05, 0.1) is 7.11 Å². The number of carbonyl (C=O) groups excluding carboxylic acids is 4. The molecule has 1 saturated heterocycles. The van der Waals surface area contributed by atoms with Crippen molar-refractivity contribution in [1.29, 1.82) is 0 Å². The van der Waals surface area contributed by atoms with Gasteiger partial charge in [-0.25, -0.2) is 22.5 Å². The normalized spacial score (nSPS) is 18.2. The van der Waals surface area contributed by atoms with Gasteiger partial charge < -0.3 is 24.8 Å². The maximum absolute atomic E-state index is 12.7. The Kier molecular flexibility index (Phi) is 10.5. The van der Waals surface area contributed by atoms with E-state index in [0.717, 1.165) is 18.4 Å². The van der Waals surface area contributed by atoms with Crippen LogP contribution in [0, 0.1) is 0 Å². The first-order valence-corrected chi connectivity index (χ1v) is 11.0. The maximum atomic E-state index is 12.7. The smallest absolute Gasteiger partial charge is 0.731 e. The van der Waals surface area contributed by atoms with Crippen LogP contribution in [0.3, 0.4) is 0 Å². The van der Waals surface area contributed by atoms with Crippen molar-refractivity contribution in [2.75, 3.05) is 24.9 Å². The molecule has 2 heterocycles. The van der Waals surface area contributed by atoms with Crippen LogP contribution in [-0.4, -0.2) is 83.3 Å². The molecular formula is C14H15ClN5NaO9S2. The molecule has 14 nitrogen and oxygen atoms in total. The summed E-state index contributed by atoms with van der Waals surface area (Å²) in [4.78, 5) is 56.8. The molecule has 0 spiro atoms. The Hall–Kier alpha value is -1.82. The zero-order chi connectivity index (χ0) is 23.3. The number of amides is 3. The van der Waals surface area contributed by atoms with Gasteiger partial charge in [-0.05, 0) is 6.92 Å². The monoisotopic (exact) mass is 519 g/mol. The Bertz CT molecular complexity index is 1030. The number of ether oxygens (including phenoxy) is 1. The number of hydrogen-bond acceptors (Lipinski definition) is 12. The van der Waals surface area contributed by atoms with Gasteiger partial charge in [-0.3, -0.25) is 14.4 Å². The van der Waals surface area contributed by atoms with Gasteiger partial charge in [0, 0.05) is 5.38 Å². The van der Waals surface area contributed by atoms with Gasteiger partial charge in [-0.2, -0.15) is 0 Å². The molecule has 170 valence electrons. The van der Waals surface area contributed by atoms with Crippen LogP contribution in [0.1, 0.15) is 12.6 Å². The summed E-state index contributed by atoms with van der Waals surface area (Å²) < 4.78 is 37.9. The van der Waals surface area contributed by atoms with Crippen molar-refractivity contribution in [1.82, 2.24) is 14.6 Å². The fourth-order valence-electron chi connectivity index (χ4n) is 2.34. The summed E-state index contributed by atoms with van der Waals surface area (Å²) in [6.07, 6.45) is 0. The maximum Gasteiger partial charge on any atom is 1.00 e. The van der Waals surface area contributed by atoms with E-state index in [4.69, 9.17) is 16.4 Å². The van der Waals surface area contributed by atoms with Crippen molar-refractivity contribution in [3.63, 3.8) is 0 Å². The molecule has 2 N–H and O–H groups in total. The van der Waals surface area contributed by atoms with Gasteiger partial charge >= 0.3 is 35.5 Å². The molecule has 1 aliphatic heterocycles. The summed E-state index contributed by atoms with van der Waals surface area (Å²) in [5.41, 5.74) is -0.500. The number of aromatic nitrogens is 1. The summed E-state index contributed by atoms with van der Waals surface area (Å²) in [6.45, 7) is 1.64. The van der Waals surface area contributed by atoms with E-state index in [0.29, 0.717) is 0 Å². The van der Waals surface area contributed by atoms with Crippen molar-refractivity contribution in [2.24, 2.45) is 5.16 Å². The summed E-state index contributed by atoms with van der Waals surface area (Å²) >= 11 is 6.33. The number of β-lactam (4-membered cyclic amide) rings is 1. The third-order valence-corrected chi connectivity index (χ3v) is 5.53. The van der Waals surface area contributed by atoms with Crippen molar-refractivity contribution in [2.45, 2.75) is 19.0 Å². The van der Waals surface area contributed by atoms with E-state index in [1.54, 1.807) is 6.92 Å². The Morgan fingerprint density at radius 1 is 1.41 bits per heavy atom. The molecule has 0 aromatic carbocycles. The van der Waals surface area contributed by atoms with Gasteiger partial charge in [0.2, 0.25) is 5.91 Å². The van der Waals surface area contributed by atoms with Crippen LogP contribution in [0.5, 0.6) is 0 Å². The molecule has 3 amide bonds. The van der Waals surface area contributed by atoms with Crippen LogP contribution >= 0.6 is 22.9 Å². The van der Waals surface area contributed by atoms with Crippen molar-refractivity contribution in [3.8, 4) is 0 Å². The predicted octanol–water partition coefficient (Wildman–Crippen LogP) is -4.61. The SMILES string of the molecule is CCON=C(C(=O)N[C@H]1C(=O)N(S(=O)(=O)[O-])[C@H]1C(=O)OC)c1csc(NC(=O)CCl)n1.[Na+]. The largest absolute Gasteiger partial charge is 1.00 e. The van der Waals surface area contributed by atoms with E-state index in [2.05, 4.69) is 25.5 Å². The number of anilines is 1. The summed E-state index contributed by atoms with van der Waals surface area (Å²) in [7, 11) is -4.41. The van der Waals surface area contributed by atoms with Crippen LogP contribution < -0.4 is 40.2 Å². The number of rotatable bonds is 9. The average Bonchev–Trinajstić information content (AvgIpc) is 3.16. The number of esters is 1. The Morgan fingerprint density at radius 2 is 2.06 bits per heavy atom. The molecule has 2 rings (SSSR count). The first-order valence-electron chi connectivity index (χ1n) is 8.24. The first-order chi connectivity index (χ1) is 14.5. The topological polar surface area (TPSA) is 196 Å². The summed E-state index contributed by atoms with van der Waals surface area (Å²) in [6, 6.07) is -3.59. The predicted molar refractivity (Wildman–Crippen MR) is 104 cm³/mol. The molecule has 1 aromatic rings. The molecule has 18 heteroatoms. The van der Waals surface area contributed by atoms with E-state index in [1.807, 2.05) is 0 Å². The van der Waals surface area contributed by atoms with E-state index >= 15 is 0 Å². The molecule has 0 unspecified atom stereocenters. The second-order valence-corrected chi connectivity index (χ2v) is 7.96. The van der Waals surface area contributed by atoms with Crippen molar-refractivity contribution >= 4 is 67.8 Å². The first kappa shape index (κ1) is 28.2. The van der Waals surface area contributed by atoms with Crippen LogP contribution in [0.15, 0.2) is 10.5 Å². The molecule has 0 aliphatic carbocycles. The average molecular weight is 520 g/mol. The van der Waals surface area contributed by atoms with Gasteiger partial charge in [0.1, 0.15) is 24.2 Å². The number of alkyl halides is 1. The molecule has 1 fully saturated rings. The van der Waals surface area contributed by atoms with E-state index in [1.165, 1.54) is 5.38 Å². The van der Waals surface area contributed by atoms with Gasteiger partial charge in [0.15, 0.2) is 27.2 Å². The molecule has 0 radical (unpaired) electrons. The number of halogens is 1. The Balaban J connectivity index is 0.00000512. The number of nitrogens with zero attached hydrogens (tertiary/aromatic N) is 3. The van der Waals surface area contributed by atoms with Crippen LogP contribution in [-0.2, 0) is 39.1 Å². The zero-order valence-electron chi connectivity index (χ0n) is 16.9. The molecule has 0 bridgehead atoms. The van der Waals surface area contributed by atoms with Crippen LogP contribution in [0.25, 0.3) is 0 Å². The number of thiazole rings is 1. The molecule has 32 heavy (non-hydrogen) atoms. The standard InChI is InChI=1S/C14H16ClN5O9S2.Na/c1-3-29-19-8(6-5-30-14(16-6)17-7(21)4-15)11(22)18-9-10(13(24)28-2)20(12(9)23)31(25,26)27;/h5,9-10H,3-4H2,1-2H3,(H,18,22)(H,16,17,21)(H,25,26,27);/q;+1/p-1/t9-,10-;/m1./s1. The van der Waals surface area contributed by atoms with E-state index < -0.39 is 51.8 Å². The fraction of sp³-hybridized carbons (Fsp3) is 0.429. The van der Waals surface area contributed by atoms with Crippen LogP contribution in [0.4, 0.5) is 5.13 Å². The summed E-state index contributed by atoms with van der Waals surface area (Å²) in [5, 5.41) is 9.53. The van der Waals surface area contributed by atoms with Gasteiger partial charge in [0.25, 0.3) is 11.8 Å². The number of methoxy groups -OCH3 is 1. The molecule has 1 aliphatic rings. The molecule has 0 saturated carbocycles. The molecule has 2 atom stereocenters. The van der Waals surface area contributed by atoms with Crippen LogP contribution in [0.2, 0.25) is 0 Å². The van der Waals surface area contributed by atoms with Crippen molar-refractivity contribution in [3.05, 3.63) is 11.1 Å². The second kappa shape index (κ2) is 11.9. The third kappa shape index (κ3) is 6.37. The number of oxime groups is 1. The minimum Gasteiger partial charge on any atom is -0.731 e. The van der Waals surface area contributed by atoms with Gasteiger partial charge in [-0.15, -0.1) is 22.9 Å². The minimum atomic E-state index is -5.32. The number of nitrogens with one attached hydrogen (secondary N) is 2. The third-order valence-electron chi connectivity index (χ3n) is 3.64. The van der Waals surface area contributed by atoms with E-state index in [9.17, 15) is 32.1 Å². The Labute approximate surface area is 212 Å².